The van der Waals surface area contributed by atoms with Crippen molar-refractivity contribution in [2.24, 2.45) is 0 Å². The molecule has 2 nitrogen and oxygen atoms in total. The van der Waals surface area contributed by atoms with Crippen LogP contribution in [-0.2, 0) is 0 Å². The molecular weight excluding hydrogens is 288 g/mol. The molecule has 0 amide bonds. The minimum atomic E-state index is 0.884. The molecule has 1 heterocycles. The summed E-state index contributed by atoms with van der Waals surface area (Å²) in [5.74, 6) is 0.884. The molecule has 1 N–H and O–H groups in total. The Labute approximate surface area is 114 Å². The Bertz CT molecular complexity index is 646. The van der Waals surface area contributed by atoms with Crippen LogP contribution >= 0.6 is 15.9 Å². The normalized spacial score (nSPS) is 10.5. The number of nitrogens with zero attached hydrogens (tertiary/aromatic N) is 1. The van der Waals surface area contributed by atoms with Crippen LogP contribution in [-0.4, -0.2) is 9.97 Å². The molecule has 0 aliphatic carbocycles. The van der Waals surface area contributed by atoms with E-state index >= 15 is 0 Å². The molecule has 0 unspecified atom stereocenters. The Kier molecular flexibility index (Phi) is 2.99. The fourth-order valence-electron chi connectivity index (χ4n) is 1.99. The van der Waals surface area contributed by atoms with Gasteiger partial charge in [0.1, 0.15) is 5.82 Å². The molecular formula is C15H11BrN2. The second-order valence-electron chi connectivity index (χ2n) is 3.99. The molecule has 18 heavy (non-hydrogen) atoms. The van der Waals surface area contributed by atoms with Crippen molar-refractivity contribution < 1.29 is 0 Å². The highest BCUT2D eigenvalue weighted by atomic mass is 79.9. The number of hydrogen-bond donors (Lipinski definition) is 1. The standard InChI is InChI=1S/C15H11BrN2/c16-12-6-7-13(11-4-2-1-3-5-11)14(10-12)15-17-8-9-18-15/h1-10H,(H,17,18). The lowest BCUT2D eigenvalue weighted by Gasteiger charge is -2.08. The zero-order valence-corrected chi connectivity index (χ0v) is 11.2. The van der Waals surface area contributed by atoms with E-state index in [0.717, 1.165) is 15.9 Å². The van der Waals surface area contributed by atoms with Crippen LogP contribution in [0.15, 0.2) is 65.4 Å². The van der Waals surface area contributed by atoms with Gasteiger partial charge in [0, 0.05) is 22.4 Å². The summed E-state index contributed by atoms with van der Waals surface area (Å²) in [6.07, 6.45) is 3.61. The smallest absolute Gasteiger partial charge is 0.137 e. The van der Waals surface area contributed by atoms with Crippen LogP contribution in [0.2, 0.25) is 0 Å². The third-order valence-corrected chi connectivity index (χ3v) is 3.31. The number of nitrogens with one attached hydrogen (secondary N) is 1. The third kappa shape index (κ3) is 2.09. The monoisotopic (exact) mass is 298 g/mol. The molecule has 0 saturated heterocycles. The second-order valence-corrected chi connectivity index (χ2v) is 4.91. The van der Waals surface area contributed by atoms with Gasteiger partial charge in [-0.2, -0.15) is 0 Å². The van der Waals surface area contributed by atoms with Crippen LogP contribution in [0, 0.1) is 0 Å². The molecule has 0 aliphatic heterocycles. The maximum atomic E-state index is 4.34. The summed E-state index contributed by atoms with van der Waals surface area (Å²) in [4.78, 5) is 7.50. The van der Waals surface area contributed by atoms with Gasteiger partial charge in [-0.3, -0.25) is 0 Å². The maximum Gasteiger partial charge on any atom is 0.137 e. The van der Waals surface area contributed by atoms with Gasteiger partial charge < -0.3 is 4.98 Å². The molecule has 0 bridgehead atoms. The largest absolute Gasteiger partial charge is 0.345 e. The van der Waals surface area contributed by atoms with Crippen LogP contribution in [0.4, 0.5) is 0 Å². The molecule has 88 valence electrons. The highest BCUT2D eigenvalue weighted by Crippen LogP contribution is 2.32. The fourth-order valence-corrected chi connectivity index (χ4v) is 2.36. The topological polar surface area (TPSA) is 28.7 Å². The van der Waals surface area contributed by atoms with Gasteiger partial charge in [-0.05, 0) is 23.3 Å². The summed E-state index contributed by atoms with van der Waals surface area (Å²) >= 11 is 3.51. The van der Waals surface area contributed by atoms with E-state index in [2.05, 4.69) is 56.2 Å². The summed E-state index contributed by atoms with van der Waals surface area (Å²) in [5, 5.41) is 0. The Morgan fingerprint density at radius 1 is 0.944 bits per heavy atom. The molecule has 0 saturated carbocycles. The zero-order chi connectivity index (χ0) is 12.4. The number of imidazole rings is 1. The predicted molar refractivity (Wildman–Crippen MR) is 77.2 cm³/mol. The van der Waals surface area contributed by atoms with E-state index < -0.39 is 0 Å². The molecule has 3 rings (SSSR count). The fraction of sp³-hybridized carbons (Fsp3) is 0. The average Bonchev–Trinajstić information content (AvgIpc) is 2.93. The van der Waals surface area contributed by atoms with Gasteiger partial charge in [-0.25, -0.2) is 4.98 Å². The minimum Gasteiger partial charge on any atom is -0.345 e. The molecule has 2 aromatic carbocycles. The number of H-pyrrole nitrogens is 1. The van der Waals surface area contributed by atoms with E-state index in [9.17, 15) is 0 Å². The maximum absolute atomic E-state index is 4.34. The van der Waals surface area contributed by atoms with Crippen molar-refractivity contribution >= 4 is 15.9 Å². The predicted octanol–water partition coefficient (Wildman–Crippen LogP) is 4.51. The summed E-state index contributed by atoms with van der Waals surface area (Å²) in [6.45, 7) is 0. The summed E-state index contributed by atoms with van der Waals surface area (Å²) in [6, 6.07) is 16.6. The van der Waals surface area contributed by atoms with Crippen LogP contribution in [0.1, 0.15) is 0 Å². The number of aromatic nitrogens is 2. The van der Waals surface area contributed by atoms with Gasteiger partial charge in [0.15, 0.2) is 0 Å². The molecule has 0 aliphatic rings. The Morgan fingerprint density at radius 3 is 2.50 bits per heavy atom. The van der Waals surface area contributed by atoms with Crippen LogP contribution in [0.3, 0.4) is 0 Å². The lowest BCUT2D eigenvalue weighted by Crippen LogP contribution is -1.87. The van der Waals surface area contributed by atoms with Crippen molar-refractivity contribution in [2.75, 3.05) is 0 Å². The van der Waals surface area contributed by atoms with Crippen molar-refractivity contribution in [2.45, 2.75) is 0 Å². The lowest BCUT2D eigenvalue weighted by atomic mass is 9.99. The van der Waals surface area contributed by atoms with E-state index in [1.54, 1.807) is 6.20 Å². The summed E-state index contributed by atoms with van der Waals surface area (Å²) in [7, 11) is 0. The number of benzene rings is 2. The Balaban J connectivity index is 2.21. The van der Waals surface area contributed by atoms with E-state index in [4.69, 9.17) is 0 Å². The SMILES string of the molecule is Brc1ccc(-c2ccccc2)c(-c2ncc[nH]2)c1. The highest BCUT2D eigenvalue weighted by molar-refractivity contribution is 9.10. The molecule has 0 radical (unpaired) electrons. The first-order valence-electron chi connectivity index (χ1n) is 5.69. The minimum absolute atomic E-state index is 0.884. The van der Waals surface area contributed by atoms with Crippen LogP contribution in [0.5, 0.6) is 0 Å². The van der Waals surface area contributed by atoms with Gasteiger partial charge in [0.2, 0.25) is 0 Å². The van der Waals surface area contributed by atoms with Gasteiger partial charge in [-0.1, -0.05) is 52.3 Å². The molecule has 0 fully saturated rings. The third-order valence-electron chi connectivity index (χ3n) is 2.82. The second kappa shape index (κ2) is 4.78. The molecule has 3 heteroatoms. The van der Waals surface area contributed by atoms with Crippen molar-refractivity contribution in [1.82, 2.24) is 9.97 Å². The van der Waals surface area contributed by atoms with Crippen LogP contribution < -0.4 is 0 Å². The van der Waals surface area contributed by atoms with Crippen LogP contribution in [0.25, 0.3) is 22.5 Å². The van der Waals surface area contributed by atoms with Gasteiger partial charge in [0.25, 0.3) is 0 Å². The van der Waals surface area contributed by atoms with E-state index in [1.165, 1.54) is 11.1 Å². The van der Waals surface area contributed by atoms with Crippen molar-refractivity contribution in [3.05, 3.63) is 65.4 Å². The van der Waals surface area contributed by atoms with Gasteiger partial charge in [-0.15, -0.1) is 0 Å². The highest BCUT2D eigenvalue weighted by Gasteiger charge is 2.09. The number of hydrogen-bond acceptors (Lipinski definition) is 1. The molecule has 0 spiro atoms. The van der Waals surface area contributed by atoms with Crippen molar-refractivity contribution in [3.8, 4) is 22.5 Å². The van der Waals surface area contributed by atoms with Crippen molar-refractivity contribution in [3.63, 3.8) is 0 Å². The van der Waals surface area contributed by atoms with Gasteiger partial charge >= 0.3 is 0 Å². The van der Waals surface area contributed by atoms with Gasteiger partial charge in [0.05, 0.1) is 0 Å². The first-order chi connectivity index (χ1) is 8.84. The Morgan fingerprint density at radius 2 is 1.78 bits per heavy atom. The number of halogens is 1. The van der Waals surface area contributed by atoms with E-state index in [1.807, 2.05) is 24.4 Å². The first kappa shape index (κ1) is 11.2. The zero-order valence-electron chi connectivity index (χ0n) is 9.60. The number of rotatable bonds is 2. The van der Waals surface area contributed by atoms with E-state index in [-0.39, 0.29) is 0 Å². The Hall–Kier alpha value is -1.87. The summed E-state index contributed by atoms with van der Waals surface area (Å²) in [5.41, 5.74) is 3.46. The van der Waals surface area contributed by atoms with E-state index in [0.29, 0.717) is 0 Å². The summed E-state index contributed by atoms with van der Waals surface area (Å²) < 4.78 is 1.05. The molecule has 0 atom stereocenters. The van der Waals surface area contributed by atoms with Crippen molar-refractivity contribution in [1.29, 1.82) is 0 Å². The quantitative estimate of drug-likeness (QED) is 0.741. The molecule has 3 aromatic rings. The first-order valence-corrected chi connectivity index (χ1v) is 6.48. The average molecular weight is 299 g/mol. The molecule has 1 aromatic heterocycles. The lowest BCUT2D eigenvalue weighted by molar-refractivity contribution is 1.31. The number of aromatic amines is 1.